The molecule has 186 valence electrons. The molecule has 0 amide bonds. The summed E-state index contributed by atoms with van der Waals surface area (Å²) in [6, 6.07) is 14.7. The molecule has 0 spiro atoms. The van der Waals surface area contributed by atoms with Crippen molar-refractivity contribution in [3.8, 4) is 5.75 Å². The Morgan fingerprint density at radius 1 is 1.23 bits per heavy atom. The number of aliphatic carboxylic acids is 1. The molecule has 35 heavy (non-hydrogen) atoms. The van der Waals surface area contributed by atoms with Gasteiger partial charge in [-0.3, -0.25) is 9.78 Å². The van der Waals surface area contributed by atoms with Crippen LogP contribution in [-0.4, -0.2) is 53.5 Å². The summed E-state index contributed by atoms with van der Waals surface area (Å²) < 4.78 is 18.8. The number of piperidine rings is 1. The number of ether oxygens (including phenoxy) is 1. The largest absolute Gasteiger partial charge is 0.497 e. The summed E-state index contributed by atoms with van der Waals surface area (Å²) in [4.78, 5) is 19.4. The molecule has 1 aliphatic heterocycles. The van der Waals surface area contributed by atoms with E-state index in [2.05, 4.69) is 16.0 Å². The summed E-state index contributed by atoms with van der Waals surface area (Å²) in [6.07, 6.45) is 6.08. The molecular formula is C28H33FN2O3S. The van der Waals surface area contributed by atoms with Crippen LogP contribution in [0.4, 0.5) is 4.39 Å². The molecule has 0 radical (unpaired) electrons. The van der Waals surface area contributed by atoms with E-state index < -0.39 is 5.97 Å². The Hall–Kier alpha value is -2.64. The highest BCUT2D eigenvalue weighted by Gasteiger charge is 2.30. The van der Waals surface area contributed by atoms with Gasteiger partial charge in [-0.2, -0.15) is 0 Å². The number of halogens is 1. The van der Waals surface area contributed by atoms with Gasteiger partial charge in [0, 0.05) is 41.7 Å². The van der Waals surface area contributed by atoms with Gasteiger partial charge in [0.15, 0.2) is 0 Å². The number of hydrogen-bond acceptors (Lipinski definition) is 5. The maximum Gasteiger partial charge on any atom is 0.303 e. The minimum absolute atomic E-state index is 0.162. The molecule has 2 aromatic carbocycles. The molecule has 0 aliphatic carbocycles. The first-order valence-corrected chi connectivity index (χ1v) is 13.2. The van der Waals surface area contributed by atoms with E-state index in [1.807, 2.05) is 30.5 Å². The minimum atomic E-state index is -0.719. The smallest absolute Gasteiger partial charge is 0.303 e. The second-order valence-corrected chi connectivity index (χ2v) is 10.4. The van der Waals surface area contributed by atoms with Crippen molar-refractivity contribution < 1.29 is 19.0 Å². The Morgan fingerprint density at radius 2 is 2.11 bits per heavy atom. The van der Waals surface area contributed by atoms with Gasteiger partial charge in [0.05, 0.1) is 12.6 Å². The van der Waals surface area contributed by atoms with Gasteiger partial charge >= 0.3 is 5.97 Å². The summed E-state index contributed by atoms with van der Waals surface area (Å²) in [7, 11) is 1.67. The Kier molecular flexibility index (Phi) is 8.99. The van der Waals surface area contributed by atoms with E-state index in [-0.39, 0.29) is 18.2 Å². The van der Waals surface area contributed by atoms with Crippen molar-refractivity contribution in [3.63, 3.8) is 0 Å². The van der Waals surface area contributed by atoms with Gasteiger partial charge in [0.25, 0.3) is 0 Å². The predicted molar refractivity (Wildman–Crippen MR) is 139 cm³/mol. The molecular weight excluding hydrogens is 463 g/mol. The summed E-state index contributed by atoms with van der Waals surface area (Å²) in [6.45, 7) is 2.69. The number of aryl methyl sites for hydroxylation is 1. The van der Waals surface area contributed by atoms with Crippen molar-refractivity contribution in [1.82, 2.24) is 9.88 Å². The summed E-state index contributed by atoms with van der Waals surface area (Å²) >= 11 is 1.65. The highest BCUT2D eigenvalue weighted by molar-refractivity contribution is 7.99. The highest BCUT2D eigenvalue weighted by Crippen LogP contribution is 2.32. The van der Waals surface area contributed by atoms with Crippen LogP contribution in [-0.2, 0) is 11.2 Å². The fraction of sp³-hybridized carbons (Fsp3) is 0.429. The molecule has 2 atom stereocenters. The number of hydrogen-bond donors (Lipinski definition) is 1. The van der Waals surface area contributed by atoms with Gasteiger partial charge in [-0.1, -0.05) is 6.07 Å². The van der Waals surface area contributed by atoms with Gasteiger partial charge in [-0.15, -0.1) is 11.8 Å². The van der Waals surface area contributed by atoms with Crippen molar-refractivity contribution in [2.24, 2.45) is 11.8 Å². The number of thioether (sulfide) groups is 1. The second-order valence-electron chi connectivity index (χ2n) is 9.26. The third kappa shape index (κ3) is 7.18. The molecule has 0 saturated carbocycles. The van der Waals surface area contributed by atoms with Crippen molar-refractivity contribution >= 4 is 28.6 Å². The number of carbonyl (C=O) groups is 1. The number of aromatic nitrogens is 1. The van der Waals surface area contributed by atoms with Gasteiger partial charge in [0.1, 0.15) is 11.6 Å². The highest BCUT2D eigenvalue weighted by atomic mass is 32.2. The summed E-state index contributed by atoms with van der Waals surface area (Å²) in [5.74, 6) is 1.35. The van der Waals surface area contributed by atoms with Crippen LogP contribution in [0.3, 0.4) is 0 Å². The quantitative estimate of drug-likeness (QED) is 0.333. The number of carboxylic acid groups (broad SMARTS) is 1. The van der Waals surface area contributed by atoms with Crippen molar-refractivity contribution in [1.29, 1.82) is 0 Å². The summed E-state index contributed by atoms with van der Waals surface area (Å²) in [5, 5.41) is 10.6. The third-order valence-electron chi connectivity index (χ3n) is 6.94. The first-order chi connectivity index (χ1) is 17.0. The number of methoxy groups -OCH3 is 1. The molecule has 1 N–H and O–H groups in total. The third-order valence-corrected chi connectivity index (χ3v) is 7.92. The van der Waals surface area contributed by atoms with E-state index in [0.717, 1.165) is 72.6 Å². The molecule has 1 saturated heterocycles. The fourth-order valence-electron chi connectivity index (χ4n) is 5.13. The van der Waals surface area contributed by atoms with Crippen LogP contribution in [0.25, 0.3) is 10.9 Å². The maximum absolute atomic E-state index is 13.4. The monoisotopic (exact) mass is 496 g/mol. The number of nitrogens with zero attached hydrogens (tertiary/aromatic N) is 2. The zero-order valence-corrected chi connectivity index (χ0v) is 21.0. The van der Waals surface area contributed by atoms with Crippen LogP contribution in [0, 0.1) is 17.7 Å². The minimum Gasteiger partial charge on any atom is -0.497 e. The Balaban J connectivity index is 1.30. The zero-order chi connectivity index (χ0) is 24.6. The molecule has 4 rings (SSSR count). The van der Waals surface area contributed by atoms with Crippen LogP contribution >= 0.6 is 11.8 Å². The number of pyridine rings is 1. The van der Waals surface area contributed by atoms with Crippen LogP contribution < -0.4 is 4.74 Å². The Labute approximate surface area is 210 Å². The molecule has 5 nitrogen and oxygen atoms in total. The molecule has 1 aromatic heterocycles. The number of rotatable bonds is 11. The first kappa shape index (κ1) is 25.5. The Morgan fingerprint density at radius 3 is 2.91 bits per heavy atom. The second kappa shape index (κ2) is 12.4. The fourth-order valence-corrected chi connectivity index (χ4v) is 6.08. The van der Waals surface area contributed by atoms with E-state index in [1.165, 1.54) is 11.6 Å². The zero-order valence-electron chi connectivity index (χ0n) is 20.2. The van der Waals surface area contributed by atoms with E-state index in [9.17, 15) is 14.3 Å². The van der Waals surface area contributed by atoms with Crippen LogP contribution in [0.15, 0.2) is 59.6 Å². The average molecular weight is 497 g/mol. The van der Waals surface area contributed by atoms with Gasteiger partial charge in [-0.25, -0.2) is 4.39 Å². The topological polar surface area (TPSA) is 62.7 Å². The SMILES string of the molecule is COc1ccc2nccc(CCC[C@@H]3CCN(CCSc4cccc(F)c4)C[C@@H]3CC(=O)O)c2c1. The van der Waals surface area contributed by atoms with E-state index >= 15 is 0 Å². The van der Waals surface area contributed by atoms with Crippen LogP contribution in [0.5, 0.6) is 5.75 Å². The lowest BCUT2D eigenvalue weighted by molar-refractivity contribution is -0.139. The van der Waals surface area contributed by atoms with Crippen LogP contribution in [0.2, 0.25) is 0 Å². The molecule has 1 fully saturated rings. The lowest BCUT2D eigenvalue weighted by Gasteiger charge is -2.38. The maximum atomic E-state index is 13.4. The molecule has 0 bridgehead atoms. The first-order valence-electron chi connectivity index (χ1n) is 12.3. The molecule has 7 heteroatoms. The molecule has 1 aliphatic rings. The number of fused-ring (bicyclic) bond motifs is 1. The Bertz CT molecular complexity index is 1140. The van der Waals surface area contributed by atoms with Gasteiger partial charge in [-0.05, 0) is 92.1 Å². The number of benzene rings is 2. The number of likely N-dealkylation sites (tertiary alicyclic amines) is 1. The predicted octanol–water partition coefficient (Wildman–Crippen LogP) is 5.91. The summed E-state index contributed by atoms with van der Waals surface area (Å²) in [5.41, 5.74) is 2.23. The van der Waals surface area contributed by atoms with Gasteiger partial charge in [0.2, 0.25) is 0 Å². The van der Waals surface area contributed by atoms with E-state index in [4.69, 9.17) is 4.74 Å². The lowest BCUT2D eigenvalue weighted by Crippen LogP contribution is -2.42. The van der Waals surface area contributed by atoms with Crippen molar-refractivity contribution in [2.75, 3.05) is 32.5 Å². The number of carboxylic acids is 1. The van der Waals surface area contributed by atoms with Gasteiger partial charge < -0.3 is 14.7 Å². The van der Waals surface area contributed by atoms with E-state index in [0.29, 0.717) is 5.92 Å². The van der Waals surface area contributed by atoms with Crippen molar-refractivity contribution in [3.05, 3.63) is 66.1 Å². The molecule has 3 aromatic rings. The van der Waals surface area contributed by atoms with Crippen molar-refractivity contribution in [2.45, 2.75) is 37.0 Å². The standard InChI is InChI=1S/C28H33FN2O3S/c1-34-24-8-9-27-26(18-24)21(10-12-30-27)5-2-4-20-11-13-31(19-22(20)16-28(32)33)14-15-35-25-7-3-6-23(29)17-25/h3,6-10,12,17-18,20,22H,2,4-5,11,13-16,19H2,1H3,(H,32,33)/t20-,22+/m1/s1. The average Bonchev–Trinajstić information content (AvgIpc) is 2.85. The molecule has 2 heterocycles. The normalized spacial score (nSPS) is 18.6. The van der Waals surface area contributed by atoms with Crippen LogP contribution in [0.1, 0.15) is 31.2 Å². The van der Waals surface area contributed by atoms with E-state index in [1.54, 1.807) is 31.0 Å². The lowest BCUT2D eigenvalue weighted by atomic mass is 9.80. The molecule has 0 unspecified atom stereocenters.